The van der Waals surface area contributed by atoms with Crippen molar-refractivity contribution in [1.82, 2.24) is 15.4 Å². The van der Waals surface area contributed by atoms with Gasteiger partial charge in [0.1, 0.15) is 16.4 Å². The van der Waals surface area contributed by atoms with Crippen LogP contribution in [0.2, 0.25) is 0 Å². The average Bonchev–Trinajstić information content (AvgIpc) is 2.90. The van der Waals surface area contributed by atoms with Gasteiger partial charge in [-0.3, -0.25) is 9.59 Å². The number of rotatable bonds is 5. The van der Waals surface area contributed by atoms with Crippen LogP contribution in [0.4, 0.5) is 0 Å². The zero-order valence-electron chi connectivity index (χ0n) is 14.6. The molecule has 8 heteroatoms. The topological polar surface area (TPSA) is 96.4 Å². The van der Waals surface area contributed by atoms with E-state index in [9.17, 15) is 9.59 Å². The minimum Gasteiger partial charge on any atom is -0.497 e. The third-order valence-corrected chi connectivity index (χ3v) is 5.04. The molecule has 0 unspecified atom stereocenters. The summed E-state index contributed by atoms with van der Waals surface area (Å²) in [5.41, 5.74) is 3.96. The largest absolute Gasteiger partial charge is 0.497 e. The number of nitrogens with zero attached hydrogens (tertiary/aromatic N) is 2. The van der Waals surface area contributed by atoms with Crippen molar-refractivity contribution in [2.24, 2.45) is 5.10 Å². The number of hydrogen-bond donors (Lipinski definition) is 2. The van der Waals surface area contributed by atoms with Crippen LogP contribution in [0.25, 0.3) is 10.2 Å². The Balaban J connectivity index is 1.67. The van der Waals surface area contributed by atoms with Gasteiger partial charge >= 0.3 is 0 Å². The Kier molecular flexibility index (Phi) is 5.13. The molecule has 2 heterocycles. The summed E-state index contributed by atoms with van der Waals surface area (Å²) < 4.78 is 5.08. The Bertz CT molecular complexity index is 1040. The van der Waals surface area contributed by atoms with Crippen LogP contribution >= 0.6 is 11.3 Å². The average molecular weight is 370 g/mol. The van der Waals surface area contributed by atoms with Crippen LogP contribution in [-0.2, 0) is 11.2 Å². The van der Waals surface area contributed by atoms with E-state index in [1.165, 1.54) is 17.6 Å². The van der Waals surface area contributed by atoms with E-state index in [0.29, 0.717) is 16.0 Å². The maximum absolute atomic E-state index is 12.2. The van der Waals surface area contributed by atoms with Crippen molar-refractivity contribution in [3.8, 4) is 5.75 Å². The molecule has 0 aliphatic heterocycles. The molecule has 134 valence electrons. The molecule has 7 nitrogen and oxygen atoms in total. The number of thiophene rings is 1. The van der Waals surface area contributed by atoms with E-state index < -0.39 is 0 Å². The van der Waals surface area contributed by atoms with Crippen molar-refractivity contribution in [2.45, 2.75) is 20.3 Å². The molecule has 0 spiro atoms. The van der Waals surface area contributed by atoms with Crippen molar-refractivity contribution < 1.29 is 9.53 Å². The smallest absolute Gasteiger partial charge is 0.259 e. The molecule has 0 fully saturated rings. The molecule has 0 saturated heterocycles. The summed E-state index contributed by atoms with van der Waals surface area (Å²) in [6.45, 7) is 3.84. The molecule has 0 bridgehead atoms. The Hall–Kier alpha value is -3.00. The molecule has 26 heavy (non-hydrogen) atoms. The standard InChI is InChI=1S/C18H18N4O3S/c1-10-11(2)26-18-16(10)17(24)20-14(21-18)8-15(23)22-19-9-12-4-6-13(25-3)7-5-12/h4-7,9H,8H2,1-3H3,(H,22,23)(H,20,21,24)/b19-9+. The number of amides is 1. The number of ether oxygens (including phenoxy) is 1. The lowest BCUT2D eigenvalue weighted by Crippen LogP contribution is -2.23. The summed E-state index contributed by atoms with van der Waals surface area (Å²) in [6, 6.07) is 7.25. The highest BCUT2D eigenvalue weighted by Gasteiger charge is 2.13. The van der Waals surface area contributed by atoms with Gasteiger partial charge in [-0.15, -0.1) is 11.3 Å². The van der Waals surface area contributed by atoms with Crippen LogP contribution in [0.1, 0.15) is 21.8 Å². The fourth-order valence-corrected chi connectivity index (χ4v) is 3.49. The minimum atomic E-state index is -0.359. The summed E-state index contributed by atoms with van der Waals surface area (Å²) in [7, 11) is 1.60. The molecule has 2 aromatic heterocycles. The molecular formula is C18H18N4O3S. The molecule has 1 aromatic carbocycles. The van der Waals surface area contributed by atoms with Gasteiger partial charge in [-0.2, -0.15) is 5.10 Å². The second-order valence-electron chi connectivity index (χ2n) is 5.72. The van der Waals surface area contributed by atoms with Gasteiger partial charge < -0.3 is 9.72 Å². The lowest BCUT2D eigenvalue weighted by atomic mass is 10.2. The van der Waals surface area contributed by atoms with E-state index in [4.69, 9.17) is 4.74 Å². The Morgan fingerprint density at radius 1 is 1.35 bits per heavy atom. The Morgan fingerprint density at radius 2 is 2.08 bits per heavy atom. The Morgan fingerprint density at radius 3 is 2.77 bits per heavy atom. The number of hydrazone groups is 1. The number of carbonyl (C=O) groups excluding carboxylic acids is 1. The summed E-state index contributed by atoms with van der Waals surface area (Å²) >= 11 is 1.45. The number of methoxy groups -OCH3 is 1. The van der Waals surface area contributed by atoms with Crippen LogP contribution < -0.4 is 15.7 Å². The van der Waals surface area contributed by atoms with E-state index in [2.05, 4.69) is 20.5 Å². The van der Waals surface area contributed by atoms with Crippen LogP contribution in [0.15, 0.2) is 34.2 Å². The van der Waals surface area contributed by atoms with Crippen LogP contribution in [0.5, 0.6) is 5.75 Å². The van der Waals surface area contributed by atoms with Crippen molar-refractivity contribution in [3.63, 3.8) is 0 Å². The van der Waals surface area contributed by atoms with Gasteiger partial charge in [-0.1, -0.05) is 0 Å². The zero-order valence-corrected chi connectivity index (χ0v) is 15.4. The van der Waals surface area contributed by atoms with E-state index in [1.807, 2.05) is 26.0 Å². The zero-order chi connectivity index (χ0) is 18.7. The number of aromatic amines is 1. The SMILES string of the molecule is COc1ccc(/C=N/NC(=O)Cc2nc3sc(C)c(C)c3c(=O)[nH]2)cc1. The van der Waals surface area contributed by atoms with Crippen molar-refractivity contribution in [2.75, 3.05) is 7.11 Å². The van der Waals surface area contributed by atoms with E-state index >= 15 is 0 Å². The van der Waals surface area contributed by atoms with Crippen molar-refractivity contribution in [3.05, 3.63) is 56.4 Å². The van der Waals surface area contributed by atoms with Gasteiger partial charge in [0, 0.05) is 4.88 Å². The monoisotopic (exact) mass is 370 g/mol. The van der Waals surface area contributed by atoms with Gasteiger partial charge in [0.25, 0.3) is 5.56 Å². The van der Waals surface area contributed by atoms with Crippen molar-refractivity contribution in [1.29, 1.82) is 0 Å². The van der Waals surface area contributed by atoms with Gasteiger partial charge in [0.2, 0.25) is 5.91 Å². The summed E-state index contributed by atoms with van der Waals surface area (Å²) in [6.07, 6.45) is 1.48. The molecule has 3 aromatic rings. The molecule has 1 amide bonds. The number of carbonyl (C=O) groups is 1. The van der Waals surface area contributed by atoms with E-state index in [-0.39, 0.29) is 17.9 Å². The van der Waals surface area contributed by atoms with Crippen LogP contribution in [-0.4, -0.2) is 29.2 Å². The van der Waals surface area contributed by atoms with Crippen LogP contribution in [0.3, 0.4) is 0 Å². The summed E-state index contributed by atoms with van der Waals surface area (Å²) in [5, 5.41) is 4.51. The number of fused-ring (bicyclic) bond motifs is 1. The molecule has 3 rings (SSSR count). The van der Waals surface area contributed by atoms with Gasteiger partial charge in [0.05, 0.1) is 25.1 Å². The lowest BCUT2D eigenvalue weighted by Gasteiger charge is -2.01. The first-order valence-electron chi connectivity index (χ1n) is 7.93. The van der Waals surface area contributed by atoms with E-state index in [0.717, 1.165) is 21.8 Å². The maximum atomic E-state index is 12.2. The Labute approximate surface area is 153 Å². The first-order chi connectivity index (χ1) is 12.5. The highest BCUT2D eigenvalue weighted by atomic mass is 32.1. The quantitative estimate of drug-likeness (QED) is 0.532. The van der Waals surface area contributed by atoms with E-state index in [1.54, 1.807) is 19.2 Å². The highest BCUT2D eigenvalue weighted by molar-refractivity contribution is 7.18. The molecule has 0 aliphatic carbocycles. The molecule has 2 N–H and O–H groups in total. The molecular weight excluding hydrogens is 352 g/mol. The fourth-order valence-electron chi connectivity index (χ4n) is 2.44. The molecule has 0 atom stereocenters. The number of benzene rings is 1. The predicted octanol–water partition coefficient (Wildman–Crippen LogP) is 2.30. The molecule has 0 radical (unpaired) electrons. The predicted molar refractivity (Wildman–Crippen MR) is 102 cm³/mol. The van der Waals surface area contributed by atoms with Gasteiger partial charge in [0.15, 0.2) is 0 Å². The molecule has 0 aliphatic rings. The summed E-state index contributed by atoms with van der Waals surface area (Å²) in [5.74, 6) is 0.707. The second-order valence-corrected chi connectivity index (χ2v) is 6.92. The highest BCUT2D eigenvalue weighted by Crippen LogP contribution is 2.25. The number of H-pyrrole nitrogens is 1. The maximum Gasteiger partial charge on any atom is 0.259 e. The first kappa shape index (κ1) is 17.8. The van der Waals surface area contributed by atoms with Crippen LogP contribution in [0, 0.1) is 13.8 Å². The number of nitrogens with one attached hydrogen (secondary N) is 2. The number of hydrogen-bond acceptors (Lipinski definition) is 6. The second kappa shape index (κ2) is 7.49. The normalized spacial score (nSPS) is 11.2. The lowest BCUT2D eigenvalue weighted by molar-refractivity contribution is -0.120. The first-order valence-corrected chi connectivity index (χ1v) is 8.74. The third kappa shape index (κ3) is 3.80. The third-order valence-electron chi connectivity index (χ3n) is 3.93. The molecule has 0 saturated carbocycles. The fraction of sp³-hybridized carbons (Fsp3) is 0.222. The summed E-state index contributed by atoms with van der Waals surface area (Å²) in [4.78, 5) is 33.0. The van der Waals surface area contributed by atoms with Crippen molar-refractivity contribution >= 4 is 33.7 Å². The number of aromatic nitrogens is 2. The van der Waals surface area contributed by atoms with Gasteiger partial charge in [-0.05, 0) is 49.2 Å². The van der Waals surface area contributed by atoms with Gasteiger partial charge in [-0.25, -0.2) is 10.4 Å². The number of aryl methyl sites for hydroxylation is 2. The minimum absolute atomic E-state index is 0.0544.